The molecule has 1 spiro atoms. The molecule has 0 saturated carbocycles. The molecule has 3 fully saturated rings. The fraction of sp³-hybridized carbons (Fsp3) is 0.469. The molecule has 6 atom stereocenters. The van der Waals surface area contributed by atoms with Crippen LogP contribution < -0.4 is 4.90 Å². The third-order valence-corrected chi connectivity index (χ3v) is 9.15. The number of carbonyl (C=O) groups is 3. The van der Waals surface area contributed by atoms with Crippen molar-refractivity contribution in [2.24, 2.45) is 11.8 Å². The van der Waals surface area contributed by atoms with Crippen LogP contribution in [0, 0.1) is 11.8 Å². The van der Waals surface area contributed by atoms with Crippen LogP contribution in [0.5, 0.6) is 0 Å². The van der Waals surface area contributed by atoms with Crippen molar-refractivity contribution in [1.82, 2.24) is 4.90 Å². The maximum Gasteiger partial charge on any atom is 0.313 e. The summed E-state index contributed by atoms with van der Waals surface area (Å²) in [7, 11) is 0. The average molecular weight is 547 g/mol. The van der Waals surface area contributed by atoms with E-state index in [4.69, 9.17) is 9.47 Å². The zero-order chi connectivity index (χ0) is 28.7. The van der Waals surface area contributed by atoms with Crippen molar-refractivity contribution < 1.29 is 29.0 Å². The van der Waals surface area contributed by atoms with E-state index in [1.54, 1.807) is 11.0 Å². The van der Waals surface area contributed by atoms with E-state index in [-0.39, 0.29) is 31.6 Å². The number of hydrogen-bond donors (Lipinski definition) is 1. The van der Waals surface area contributed by atoms with Crippen molar-refractivity contribution in [3.8, 4) is 0 Å². The Morgan fingerprint density at radius 2 is 1.93 bits per heavy atom. The normalized spacial score (nSPS) is 29.3. The molecule has 8 heteroatoms. The summed E-state index contributed by atoms with van der Waals surface area (Å²) < 4.78 is 12.3. The maximum absolute atomic E-state index is 14.7. The molecule has 8 nitrogen and oxygen atoms in total. The van der Waals surface area contributed by atoms with E-state index in [9.17, 15) is 19.5 Å². The van der Waals surface area contributed by atoms with Gasteiger partial charge < -0.3 is 24.4 Å². The Kier molecular flexibility index (Phi) is 7.59. The standard InChI is InChI=1S/C32H38N2O6/c1-5-17-33(24-14-13-21-11-9-10-12-22(21)19-24)29(37)27-32-16-15-31(8-4,40-32)26(30(38)39-18-6-2)25(32)28(36)34(27)23(7-3)20-35/h5-6,9-14,19,23,25-27,35H,1-2,7-8,15-18,20H2,3-4H3/t23-,25-,26-,27?,31+,32?/m0/s1. The smallest absolute Gasteiger partial charge is 0.313 e. The van der Waals surface area contributed by atoms with Crippen LogP contribution in [0.15, 0.2) is 67.8 Å². The van der Waals surface area contributed by atoms with Crippen molar-refractivity contribution >= 4 is 34.2 Å². The van der Waals surface area contributed by atoms with E-state index in [1.165, 1.54) is 11.0 Å². The van der Waals surface area contributed by atoms with Gasteiger partial charge in [0, 0.05) is 12.2 Å². The largest absolute Gasteiger partial charge is 0.461 e. The Morgan fingerprint density at radius 3 is 2.58 bits per heavy atom. The topological polar surface area (TPSA) is 96.4 Å². The lowest BCUT2D eigenvalue weighted by Gasteiger charge is -2.39. The lowest BCUT2D eigenvalue weighted by Crippen LogP contribution is -2.59. The number of ether oxygens (including phenoxy) is 2. The Bertz CT molecular complexity index is 1340. The summed E-state index contributed by atoms with van der Waals surface area (Å²) >= 11 is 0. The summed E-state index contributed by atoms with van der Waals surface area (Å²) in [5.74, 6) is -2.89. The monoisotopic (exact) mass is 546 g/mol. The van der Waals surface area contributed by atoms with E-state index < -0.39 is 41.1 Å². The first-order valence-corrected chi connectivity index (χ1v) is 14.1. The molecule has 2 aromatic carbocycles. The molecule has 0 aliphatic carbocycles. The molecule has 2 bridgehead atoms. The van der Waals surface area contributed by atoms with Crippen molar-refractivity contribution in [3.63, 3.8) is 0 Å². The van der Waals surface area contributed by atoms with E-state index in [2.05, 4.69) is 13.2 Å². The highest BCUT2D eigenvalue weighted by molar-refractivity contribution is 6.05. The van der Waals surface area contributed by atoms with Gasteiger partial charge in [-0.15, -0.1) is 6.58 Å². The molecule has 40 heavy (non-hydrogen) atoms. The molecule has 2 aromatic rings. The number of nitrogens with zero attached hydrogens (tertiary/aromatic N) is 2. The first-order chi connectivity index (χ1) is 19.3. The zero-order valence-electron chi connectivity index (χ0n) is 23.3. The number of likely N-dealkylation sites (tertiary alicyclic amines) is 1. The molecule has 2 unspecified atom stereocenters. The molecule has 3 saturated heterocycles. The van der Waals surface area contributed by atoms with Gasteiger partial charge in [-0.25, -0.2) is 0 Å². The van der Waals surface area contributed by atoms with Gasteiger partial charge >= 0.3 is 5.97 Å². The molecule has 3 aliphatic heterocycles. The van der Waals surface area contributed by atoms with Crippen LogP contribution in [0.2, 0.25) is 0 Å². The second kappa shape index (κ2) is 10.8. The minimum atomic E-state index is -1.21. The molecule has 0 aromatic heterocycles. The molecule has 1 N–H and O–H groups in total. The van der Waals surface area contributed by atoms with Crippen molar-refractivity contribution in [2.45, 2.75) is 62.8 Å². The molecular weight excluding hydrogens is 508 g/mol. The van der Waals surface area contributed by atoms with Gasteiger partial charge in [-0.1, -0.05) is 62.9 Å². The number of carbonyl (C=O) groups excluding carboxylic acids is 3. The SMILES string of the molecule is C=CCOC(=O)[C@@H]1[C@H]2C(=O)N([C@@H](CC)CO)C(C(=O)N(CC=C)c3ccc4ccccc4c3)C23CC[C@@]1(CC)O3. The van der Waals surface area contributed by atoms with E-state index in [0.29, 0.717) is 31.4 Å². The van der Waals surface area contributed by atoms with E-state index in [0.717, 1.165) is 10.8 Å². The first kappa shape index (κ1) is 28.1. The lowest BCUT2D eigenvalue weighted by atomic mass is 9.65. The Hall–Kier alpha value is -3.49. The molecule has 2 amide bonds. The van der Waals surface area contributed by atoms with Gasteiger partial charge in [-0.2, -0.15) is 0 Å². The highest BCUT2D eigenvalue weighted by atomic mass is 16.6. The Labute approximate surface area is 235 Å². The fourth-order valence-corrected chi connectivity index (χ4v) is 7.28. The van der Waals surface area contributed by atoms with Crippen LogP contribution in [-0.4, -0.2) is 70.8 Å². The average Bonchev–Trinajstić information content (AvgIpc) is 3.58. The fourth-order valence-electron chi connectivity index (χ4n) is 7.28. The third kappa shape index (κ3) is 4.08. The van der Waals surface area contributed by atoms with Crippen LogP contribution >= 0.6 is 0 Å². The number of fused-ring (bicyclic) bond motifs is 2. The number of aliphatic hydroxyl groups is 1. The van der Waals surface area contributed by atoms with Crippen LogP contribution in [-0.2, 0) is 23.9 Å². The second-order valence-corrected chi connectivity index (χ2v) is 11.0. The molecule has 3 heterocycles. The number of hydrogen-bond acceptors (Lipinski definition) is 6. The minimum absolute atomic E-state index is 0.0262. The van der Waals surface area contributed by atoms with E-state index in [1.807, 2.05) is 56.3 Å². The van der Waals surface area contributed by atoms with Crippen LogP contribution in [0.3, 0.4) is 0 Å². The summed E-state index contributed by atoms with van der Waals surface area (Å²) in [6, 6.07) is 12.1. The highest BCUT2D eigenvalue weighted by Crippen LogP contribution is 2.65. The van der Waals surface area contributed by atoms with Gasteiger partial charge in [0.25, 0.3) is 5.91 Å². The Balaban J connectivity index is 1.63. The number of anilines is 1. The number of benzene rings is 2. The second-order valence-electron chi connectivity index (χ2n) is 11.0. The van der Waals surface area contributed by atoms with E-state index >= 15 is 0 Å². The minimum Gasteiger partial charge on any atom is -0.461 e. The van der Waals surface area contributed by atoms with Crippen molar-refractivity contribution in [3.05, 3.63) is 67.8 Å². The molecule has 5 rings (SSSR count). The molecule has 212 valence electrons. The predicted octanol–water partition coefficient (Wildman–Crippen LogP) is 4.01. The number of esters is 1. The zero-order valence-corrected chi connectivity index (χ0v) is 23.3. The summed E-state index contributed by atoms with van der Waals surface area (Å²) in [5.41, 5.74) is -1.43. The number of amides is 2. The van der Waals surface area contributed by atoms with Crippen LogP contribution in [0.1, 0.15) is 39.5 Å². The number of aliphatic hydroxyl groups excluding tert-OH is 1. The van der Waals surface area contributed by atoms with Crippen molar-refractivity contribution in [2.75, 3.05) is 24.7 Å². The molecular formula is C32H38N2O6. The highest BCUT2D eigenvalue weighted by Gasteiger charge is 2.79. The lowest BCUT2D eigenvalue weighted by molar-refractivity contribution is -0.161. The third-order valence-electron chi connectivity index (χ3n) is 9.15. The van der Waals surface area contributed by atoms with Crippen LogP contribution in [0.4, 0.5) is 5.69 Å². The quantitative estimate of drug-likeness (QED) is 0.338. The summed E-state index contributed by atoms with van der Waals surface area (Å²) in [5, 5.41) is 12.3. The van der Waals surface area contributed by atoms with Gasteiger partial charge in [0.1, 0.15) is 24.2 Å². The number of rotatable bonds is 11. The van der Waals surface area contributed by atoms with Gasteiger partial charge in [-0.05, 0) is 48.6 Å². The first-order valence-electron chi connectivity index (χ1n) is 14.1. The predicted molar refractivity (Wildman–Crippen MR) is 153 cm³/mol. The van der Waals surface area contributed by atoms with Crippen molar-refractivity contribution in [1.29, 1.82) is 0 Å². The molecule has 0 radical (unpaired) electrons. The van der Waals surface area contributed by atoms with Gasteiger partial charge in [0.2, 0.25) is 5.91 Å². The van der Waals surface area contributed by atoms with Gasteiger partial charge in [0.05, 0.1) is 24.2 Å². The van der Waals surface area contributed by atoms with Gasteiger partial charge in [-0.3, -0.25) is 14.4 Å². The van der Waals surface area contributed by atoms with Gasteiger partial charge in [0.15, 0.2) is 0 Å². The van der Waals surface area contributed by atoms with Crippen LogP contribution in [0.25, 0.3) is 10.8 Å². The Morgan fingerprint density at radius 1 is 1.18 bits per heavy atom. The molecule has 3 aliphatic rings. The maximum atomic E-state index is 14.7. The summed E-state index contributed by atoms with van der Waals surface area (Å²) in [6.45, 7) is 11.3. The summed E-state index contributed by atoms with van der Waals surface area (Å²) in [4.78, 5) is 45.6. The summed E-state index contributed by atoms with van der Waals surface area (Å²) in [6.07, 6.45) is 5.08.